The first-order valence-electron chi connectivity index (χ1n) is 7.36. The van der Waals surface area contributed by atoms with Gasteiger partial charge in [0.25, 0.3) is 0 Å². The van der Waals surface area contributed by atoms with Crippen molar-refractivity contribution in [3.63, 3.8) is 0 Å². The molecule has 0 aromatic heterocycles. The summed E-state index contributed by atoms with van der Waals surface area (Å²) in [5.74, 6) is 0. The summed E-state index contributed by atoms with van der Waals surface area (Å²) in [5.41, 5.74) is 17.3. The molecule has 0 radical (unpaired) electrons. The summed E-state index contributed by atoms with van der Waals surface area (Å²) < 4.78 is 0. The van der Waals surface area contributed by atoms with Crippen molar-refractivity contribution in [3.8, 4) is 0 Å². The van der Waals surface area contributed by atoms with Crippen molar-refractivity contribution in [2.75, 3.05) is 39.3 Å². The van der Waals surface area contributed by atoms with Gasteiger partial charge in [0.2, 0.25) is 0 Å². The third-order valence-corrected chi connectivity index (χ3v) is 3.32. The van der Waals surface area contributed by atoms with Gasteiger partial charge >= 0.3 is 0 Å². The molecule has 0 unspecified atom stereocenters. The third kappa shape index (κ3) is 11.3. The maximum absolute atomic E-state index is 6.03. The highest BCUT2D eigenvalue weighted by molar-refractivity contribution is 4.79. The molecule has 5 heteroatoms. The number of nitrogens with one attached hydrogen (secondary N) is 1. The van der Waals surface area contributed by atoms with E-state index in [9.17, 15) is 0 Å². The Hall–Kier alpha value is -0.200. The van der Waals surface area contributed by atoms with Crippen molar-refractivity contribution >= 4 is 0 Å². The van der Waals surface area contributed by atoms with Crippen LogP contribution in [0.1, 0.15) is 40.5 Å². The van der Waals surface area contributed by atoms with Gasteiger partial charge in [-0.1, -0.05) is 0 Å². The maximum Gasteiger partial charge on any atom is 0.0137 e. The smallest absolute Gasteiger partial charge is 0.0137 e. The van der Waals surface area contributed by atoms with Crippen molar-refractivity contribution in [3.05, 3.63) is 0 Å². The summed E-state index contributed by atoms with van der Waals surface area (Å²) >= 11 is 0. The van der Waals surface area contributed by atoms with Crippen LogP contribution < -0.4 is 22.5 Å². The highest BCUT2D eigenvalue weighted by atomic mass is 15.1. The van der Waals surface area contributed by atoms with Gasteiger partial charge in [-0.15, -0.1) is 0 Å². The number of nitrogens with two attached hydrogens (primary N) is 3. The summed E-state index contributed by atoms with van der Waals surface area (Å²) in [6.45, 7) is 13.8. The number of nitrogens with zero attached hydrogens (tertiary/aromatic N) is 1. The maximum atomic E-state index is 6.03. The van der Waals surface area contributed by atoms with E-state index in [-0.39, 0.29) is 11.1 Å². The van der Waals surface area contributed by atoms with E-state index in [4.69, 9.17) is 17.2 Å². The minimum absolute atomic E-state index is 0.107. The Balaban J connectivity index is 4.00. The summed E-state index contributed by atoms with van der Waals surface area (Å²) in [4.78, 5) is 2.38. The van der Waals surface area contributed by atoms with Crippen LogP contribution in [0.5, 0.6) is 0 Å². The molecule has 0 spiro atoms. The quantitative estimate of drug-likeness (QED) is 0.428. The molecule has 7 N–H and O–H groups in total. The van der Waals surface area contributed by atoms with Crippen LogP contribution >= 0.6 is 0 Å². The molecule has 0 heterocycles. The fourth-order valence-corrected chi connectivity index (χ4v) is 1.97. The molecule has 0 atom stereocenters. The van der Waals surface area contributed by atoms with Gasteiger partial charge in [0.05, 0.1) is 0 Å². The lowest BCUT2D eigenvalue weighted by Gasteiger charge is -2.30. The first kappa shape index (κ1) is 18.8. The SMILES string of the molecule is CC(C)(N)CCN(CCN)CCNC(C)(C)CCN. The van der Waals surface area contributed by atoms with Gasteiger partial charge in [-0.25, -0.2) is 0 Å². The molecule has 0 aliphatic rings. The van der Waals surface area contributed by atoms with Crippen molar-refractivity contribution < 1.29 is 0 Å². The summed E-state index contributed by atoms with van der Waals surface area (Å²) in [6.07, 6.45) is 1.97. The van der Waals surface area contributed by atoms with Crippen molar-refractivity contribution in [1.29, 1.82) is 0 Å². The largest absolute Gasteiger partial charge is 0.330 e. The Morgan fingerprint density at radius 3 is 2.00 bits per heavy atom. The first-order valence-corrected chi connectivity index (χ1v) is 7.36. The monoisotopic (exact) mass is 273 g/mol. The van der Waals surface area contributed by atoms with E-state index in [0.29, 0.717) is 13.1 Å². The Morgan fingerprint density at radius 1 is 0.895 bits per heavy atom. The second-order valence-electron chi connectivity index (χ2n) is 6.72. The second kappa shape index (κ2) is 8.87. The molecular formula is C14H35N5. The van der Waals surface area contributed by atoms with E-state index in [1.165, 1.54) is 0 Å². The molecule has 0 amide bonds. The zero-order valence-corrected chi connectivity index (χ0v) is 13.3. The van der Waals surface area contributed by atoms with Crippen LogP contribution in [-0.4, -0.2) is 55.2 Å². The van der Waals surface area contributed by atoms with Gasteiger partial charge in [0.15, 0.2) is 0 Å². The average molecular weight is 273 g/mol. The number of hydrogen-bond acceptors (Lipinski definition) is 5. The molecule has 0 saturated heterocycles. The minimum atomic E-state index is -0.112. The fourth-order valence-electron chi connectivity index (χ4n) is 1.97. The molecule has 0 fully saturated rings. The van der Waals surface area contributed by atoms with Crippen LogP contribution in [0.3, 0.4) is 0 Å². The third-order valence-electron chi connectivity index (χ3n) is 3.32. The predicted molar refractivity (Wildman–Crippen MR) is 84.1 cm³/mol. The Labute approximate surface area is 119 Å². The van der Waals surface area contributed by atoms with E-state index in [1.807, 2.05) is 0 Å². The summed E-state index contributed by atoms with van der Waals surface area (Å²) in [7, 11) is 0. The van der Waals surface area contributed by atoms with Gasteiger partial charge < -0.3 is 27.4 Å². The molecule has 0 bridgehead atoms. The lowest BCUT2D eigenvalue weighted by atomic mass is 10.0. The lowest BCUT2D eigenvalue weighted by Crippen LogP contribution is -2.46. The number of rotatable bonds is 11. The Bertz CT molecular complexity index is 222. The van der Waals surface area contributed by atoms with Crippen LogP contribution in [0, 0.1) is 0 Å². The van der Waals surface area contributed by atoms with Crippen molar-refractivity contribution in [1.82, 2.24) is 10.2 Å². The average Bonchev–Trinajstić information content (AvgIpc) is 2.24. The number of hydrogen-bond donors (Lipinski definition) is 4. The molecule has 0 rings (SSSR count). The van der Waals surface area contributed by atoms with Crippen LogP contribution in [-0.2, 0) is 0 Å². The van der Waals surface area contributed by atoms with E-state index in [1.54, 1.807) is 0 Å². The second-order valence-corrected chi connectivity index (χ2v) is 6.72. The molecule has 116 valence electrons. The van der Waals surface area contributed by atoms with Crippen LogP contribution in [0.2, 0.25) is 0 Å². The summed E-state index contributed by atoms with van der Waals surface area (Å²) in [6, 6.07) is 0. The fraction of sp³-hybridized carbons (Fsp3) is 1.00. The van der Waals surface area contributed by atoms with Gasteiger partial charge in [0, 0.05) is 37.3 Å². The van der Waals surface area contributed by atoms with Crippen LogP contribution in [0.4, 0.5) is 0 Å². The lowest BCUT2D eigenvalue weighted by molar-refractivity contribution is 0.240. The zero-order valence-electron chi connectivity index (χ0n) is 13.3. The minimum Gasteiger partial charge on any atom is -0.330 e. The first-order chi connectivity index (χ1) is 8.70. The molecule has 0 aromatic rings. The molecular weight excluding hydrogens is 238 g/mol. The molecule has 5 nitrogen and oxygen atoms in total. The van der Waals surface area contributed by atoms with Gasteiger partial charge in [-0.3, -0.25) is 0 Å². The highest BCUT2D eigenvalue weighted by Crippen LogP contribution is 2.07. The molecule has 0 aliphatic carbocycles. The van der Waals surface area contributed by atoms with Gasteiger partial charge in [-0.2, -0.15) is 0 Å². The van der Waals surface area contributed by atoms with E-state index >= 15 is 0 Å². The molecule has 19 heavy (non-hydrogen) atoms. The normalized spacial score (nSPS) is 13.3. The van der Waals surface area contributed by atoms with Crippen molar-refractivity contribution in [2.45, 2.75) is 51.6 Å². The topological polar surface area (TPSA) is 93.3 Å². The summed E-state index contributed by atoms with van der Waals surface area (Å²) in [5, 5.41) is 3.55. The zero-order chi connectivity index (χ0) is 14.9. The predicted octanol–water partition coefficient (Wildman–Crippen LogP) is 0.0915. The molecule has 0 saturated carbocycles. The Morgan fingerprint density at radius 2 is 1.53 bits per heavy atom. The van der Waals surface area contributed by atoms with Crippen LogP contribution in [0.25, 0.3) is 0 Å². The van der Waals surface area contributed by atoms with E-state index in [2.05, 4.69) is 37.9 Å². The highest BCUT2D eigenvalue weighted by Gasteiger charge is 2.17. The van der Waals surface area contributed by atoms with Gasteiger partial charge in [-0.05, 0) is 53.6 Å². The molecule has 0 aliphatic heterocycles. The van der Waals surface area contributed by atoms with Gasteiger partial charge in [0.1, 0.15) is 0 Å². The van der Waals surface area contributed by atoms with Crippen LogP contribution in [0.15, 0.2) is 0 Å². The van der Waals surface area contributed by atoms with E-state index in [0.717, 1.165) is 39.0 Å². The molecule has 0 aromatic carbocycles. The van der Waals surface area contributed by atoms with Crippen molar-refractivity contribution in [2.24, 2.45) is 17.2 Å². The van der Waals surface area contributed by atoms with E-state index < -0.39 is 0 Å². The Kier molecular flexibility index (Phi) is 8.78. The standard InChI is InChI=1S/C14H35N5/c1-13(2,17)6-10-19(11-8-16)12-9-18-14(3,4)5-7-15/h18H,5-12,15-17H2,1-4H3.